The zero-order valence-electron chi connectivity index (χ0n) is 24.0. The number of halogens is 3. The Kier molecular flexibility index (Phi) is 8.98. The molecule has 2 N–H and O–H groups in total. The molecule has 0 amide bonds. The molecule has 10 nitrogen and oxygen atoms in total. The van der Waals surface area contributed by atoms with E-state index in [0.29, 0.717) is 34.6 Å². The molecule has 0 saturated carbocycles. The van der Waals surface area contributed by atoms with E-state index in [9.17, 15) is 26.4 Å². The number of anilines is 2. The number of piperidine rings is 1. The van der Waals surface area contributed by atoms with Gasteiger partial charge in [-0.25, -0.2) is 13.2 Å². The van der Waals surface area contributed by atoms with Crippen molar-refractivity contribution >= 4 is 32.1 Å². The molecule has 44 heavy (non-hydrogen) atoms. The summed E-state index contributed by atoms with van der Waals surface area (Å²) in [7, 11) is -2.02. The number of benzene rings is 2. The number of nitrogens with zero attached hydrogens (tertiary/aromatic N) is 2. The summed E-state index contributed by atoms with van der Waals surface area (Å²) in [5, 5.41) is 7.17. The Hall–Kier alpha value is -4.35. The fourth-order valence-electron chi connectivity index (χ4n) is 5.20. The lowest BCUT2D eigenvalue weighted by molar-refractivity contribution is -0.140. The maximum atomic E-state index is 13.6. The number of fused-ring (bicyclic) bond motifs is 1. The largest absolute Gasteiger partial charge is 0.518 e. The van der Waals surface area contributed by atoms with Crippen molar-refractivity contribution in [1.82, 2.24) is 9.47 Å². The van der Waals surface area contributed by atoms with E-state index >= 15 is 0 Å². The minimum Gasteiger partial charge on any atom is -0.495 e. The molecule has 234 valence electrons. The van der Waals surface area contributed by atoms with Crippen LogP contribution in [0.25, 0.3) is 10.9 Å². The van der Waals surface area contributed by atoms with E-state index in [1.165, 1.54) is 25.5 Å². The topological polar surface area (TPSA) is 119 Å². The molecule has 2 aromatic heterocycles. The van der Waals surface area contributed by atoms with Gasteiger partial charge in [0.05, 0.1) is 42.0 Å². The lowest BCUT2D eigenvalue weighted by Gasteiger charge is -2.32. The number of aromatic nitrogens is 1. The molecule has 0 atom stereocenters. The van der Waals surface area contributed by atoms with Crippen molar-refractivity contribution in [3.8, 4) is 17.6 Å². The third-order valence-electron chi connectivity index (χ3n) is 7.30. The van der Waals surface area contributed by atoms with Crippen LogP contribution in [0.4, 0.5) is 24.5 Å². The highest BCUT2D eigenvalue weighted by atomic mass is 32.2. The van der Waals surface area contributed by atoms with Crippen molar-refractivity contribution in [3.05, 3.63) is 70.8 Å². The van der Waals surface area contributed by atoms with Crippen LogP contribution in [0, 0.1) is 11.8 Å². The summed E-state index contributed by atoms with van der Waals surface area (Å²) < 4.78 is 80.7. The van der Waals surface area contributed by atoms with E-state index in [2.05, 4.69) is 27.4 Å². The second-order valence-corrected chi connectivity index (χ2v) is 12.5. The van der Waals surface area contributed by atoms with Gasteiger partial charge in [-0.05, 0) is 49.1 Å². The Morgan fingerprint density at radius 1 is 1.11 bits per heavy atom. The third-order valence-corrected chi connectivity index (χ3v) is 8.41. The van der Waals surface area contributed by atoms with Gasteiger partial charge in [-0.1, -0.05) is 12.0 Å². The van der Waals surface area contributed by atoms with Gasteiger partial charge in [0.25, 0.3) is 0 Å². The Morgan fingerprint density at radius 3 is 2.55 bits per heavy atom. The normalized spacial score (nSPS) is 14.8. The number of likely N-dealkylation sites (tertiary alicyclic amines) is 1. The molecular weight excluding hydrogens is 601 g/mol. The van der Waals surface area contributed by atoms with Gasteiger partial charge in [-0.3, -0.25) is 4.90 Å². The highest BCUT2D eigenvalue weighted by Gasteiger charge is 2.30. The quantitative estimate of drug-likeness (QED) is 0.253. The molecule has 1 aliphatic rings. The van der Waals surface area contributed by atoms with Gasteiger partial charge < -0.3 is 28.8 Å². The van der Waals surface area contributed by atoms with Crippen molar-refractivity contribution in [3.63, 3.8) is 0 Å². The van der Waals surface area contributed by atoms with Crippen LogP contribution in [0.5, 0.6) is 5.75 Å². The average Bonchev–Trinajstić information content (AvgIpc) is 3.53. The summed E-state index contributed by atoms with van der Waals surface area (Å²) in [5.41, 5.74) is 1.84. The van der Waals surface area contributed by atoms with Crippen LogP contribution in [0.3, 0.4) is 0 Å². The maximum Gasteiger partial charge on any atom is 0.518 e. The molecule has 14 heteroatoms. The Labute approximate surface area is 251 Å². The molecule has 0 aliphatic carbocycles. The van der Waals surface area contributed by atoms with Crippen molar-refractivity contribution in [2.45, 2.75) is 43.0 Å². The van der Waals surface area contributed by atoms with Gasteiger partial charge >= 0.3 is 12.0 Å². The Morgan fingerprint density at radius 2 is 1.89 bits per heavy atom. The minimum atomic E-state index is -4.46. The number of nitrogens with one attached hydrogen (secondary N) is 2. The van der Waals surface area contributed by atoms with Crippen LogP contribution in [-0.2, 0) is 22.9 Å². The first kappa shape index (κ1) is 31.1. The highest BCUT2D eigenvalue weighted by molar-refractivity contribution is 7.90. The smallest absolute Gasteiger partial charge is 0.495 e. The number of rotatable bonds is 9. The van der Waals surface area contributed by atoms with Crippen LogP contribution >= 0.6 is 0 Å². The van der Waals surface area contributed by atoms with E-state index in [1.54, 1.807) is 24.3 Å². The van der Waals surface area contributed by atoms with Crippen LogP contribution < -0.4 is 21.2 Å². The van der Waals surface area contributed by atoms with Gasteiger partial charge in [0.1, 0.15) is 18.6 Å². The molecule has 0 unspecified atom stereocenters. The molecule has 0 radical (unpaired) electrons. The van der Waals surface area contributed by atoms with Crippen LogP contribution in [0.1, 0.15) is 24.3 Å². The standard InChI is InChI=1S/C30H31F3N4O6S/c1-41-28-16-23(44(2,39)40)8-9-26(28)34-12-4-5-21-15-24-25(6-3-7-27(24)37(21)19-30(31,32)33)35-20-10-13-36(14-11-20)17-22-18-42-29(38)43-22/h3,6-9,15-16,18,20,34-35H,10-14,17,19H2,1-2H3. The molecule has 1 aliphatic heterocycles. The van der Waals surface area contributed by atoms with Crippen LogP contribution in [-0.4, -0.2) is 63.1 Å². The number of hydrogen-bond donors (Lipinski definition) is 2. The first-order valence-electron chi connectivity index (χ1n) is 13.8. The zero-order chi connectivity index (χ0) is 31.5. The first-order valence-corrected chi connectivity index (χ1v) is 15.6. The molecule has 1 fully saturated rings. The fraction of sp³-hybridized carbons (Fsp3) is 0.367. The van der Waals surface area contributed by atoms with Gasteiger partial charge in [-0.2, -0.15) is 13.2 Å². The fourth-order valence-corrected chi connectivity index (χ4v) is 5.84. The third kappa shape index (κ3) is 7.59. The Balaban J connectivity index is 1.32. The van der Waals surface area contributed by atoms with Gasteiger partial charge in [-0.15, -0.1) is 0 Å². The zero-order valence-corrected chi connectivity index (χ0v) is 24.8. The van der Waals surface area contributed by atoms with E-state index < -0.39 is 28.4 Å². The van der Waals surface area contributed by atoms with Gasteiger partial charge in [0.2, 0.25) is 0 Å². The van der Waals surface area contributed by atoms with E-state index in [4.69, 9.17) is 13.6 Å². The van der Waals surface area contributed by atoms with Crippen molar-refractivity contribution < 1.29 is 35.2 Å². The van der Waals surface area contributed by atoms with E-state index in [1.807, 2.05) is 6.07 Å². The van der Waals surface area contributed by atoms with Crippen molar-refractivity contribution in [2.75, 3.05) is 43.6 Å². The lowest BCUT2D eigenvalue weighted by Crippen LogP contribution is -2.38. The summed E-state index contributed by atoms with van der Waals surface area (Å²) in [6.45, 7) is 0.824. The first-order chi connectivity index (χ1) is 20.9. The number of sulfone groups is 1. The summed E-state index contributed by atoms with van der Waals surface area (Å²) >= 11 is 0. The minimum absolute atomic E-state index is 0.0774. The summed E-state index contributed by atoms with van der Waals surface area (Å²) in [5.74, 6) is 5.78. The lowest BCUT2D eigenvalue weighted by atomic mass is 10.0. The predicted molar refractivity (Wildman–Crippen MR) is 159 cm³/mol. The number of ether oxygens (including phenoxy) is 1. The van der Waals surface area contributed by atoms with Crippen LogP contribution in [0.2, 0.25) is 0 Å². The predicted octanol–water partition coefficient (Wildman–Crippen LogP) is 4.70. The molecule has 3 heterocycles. The molecule has 1 saturated heterocycles. The Bertz CT molecular complexity index is 1860. The average molecular weight is 633 g/mol. The molecule has 4 aromatic rings. The molecule has 0 spiro atoms. The summed E-state index contributed by atoms with van der Waals surface area (Å²) in [6.07, 6.45) is -0.481. The molecule has 5 rings (SSSR count). The molecule has 0 bridgehead atoms. The number of hydrogen-bond acceptors (Lipinski definition) is 9. The number of methoxy groups -OCH3 is 1. The monoisotopic (exact) mass is 632 g/mol. The second kappa shape index (κ2) is 12.7. The molecule has 2 aromatic carbocycles. The van der Waals surface area contributed by atoms with E-state index in [0.717, 1.165) is 42.4 Å². The maximum absolute atomic E-state index is 13.6. The summed E-state index contributed by atoms with van der Waals surface area (Å²) in [4.78, 5) is 13.4. The second-order valence-electron chi connectivity index (χ2n) is 10.5. The van der Waals surface area contributed by atoms with Crippen molar-refractivity contribution in [1.29, 1.82) is 0 Å². The number of alkyl halides is 3. The van der Waals surface area contributed by atoms with Crippen LogP contribution in [0.15, 0.2) is 67.3 Å². The molecular formula is C30H31F3N4O6S. The highest BCUT2D eigenvalue weighted by Crippen LogP contribution is 2.32. The summed E-state index contributed by atoms with van der Waals surface area (Å²) in [6, 6.07) is 11.3. The van der Waals surface area contributed by atoms with E-state index in [-0.39, 0.29) is 23.2 Å². The van der Waals surface area contributed by atoms with Gasteiger partial charge in [0.15, 0.2) is 15.6 Å². The van der Waals surface area contributed by atoms with Gasteiger partial charge in [0, 0.05) is 42.5 Å². The SMILES string of the molecule is COc1cc(S(C)(=O)=O)ccc1NCC#Cc1cc2c(NC3CCN(Cc4coc(=O)o4)CC3)cccc2n1CC(F)(F)F. The van der Waals surface area contributed by atoms with Crippen molar-refractivity contribution in [2.24, 2.45) is 0 Å².